The highest BCUT2D eigenvalue weighted by molar-refractivity contribution is 5.88. The molecule has 5 rings (SSSR count). The Morgan fingerprint density at radius 3 is 2.64 bits per heavy atom. The summed E-state index contributed by atoms with van der Waals surface area (Å²) < 4.78 is 1.89. The Morgan fingerprint density at radius 2 is 1.91 bits per heavy atom. The summed E-state index contributed by atoms with van der Waals surface area (Å²) in [6.07, 6.45) is 3.72. The van der Waals surface area contributed by atoms with Crippen molar-refractivity contribution in [3.05, 3.63) is 47.8 Å². The van der Waals surface area contributed by atoms with Gasteiger partial charge >= 0.3 is 0 Å². The molecule has 0 saturated carbocycles. The number of hydrogen-bond acceptors (Lipinski definition) is 7. The second-order valence-electron chi connectivity index (χ2n) is 9.04. The number of piperidine rings is 1. The molecule has 1 saturated heterocycles. The average molecular weight is 446 g/mol. The lowest BCUT2D eigenvalue weighted by Crippen LogP contribution is -2.40. The molecule has 1 aliphatic heterocycles. The highest BCUT2D eigenvalue weighted by Crippen LogP contribution is 2.30. The van der Waals surface area contributed by atoms with Crippen molar-refractivity contribution >= 4 is 22.8 Å². The fourth-order valence-electron chi connectivity index (χ4n) is 4.41. The van der Waals surface area contributed by atoms with Gasteiger partial charge in [0.25, 0.3) is 0 Å². The monoisotopic (exact) mass is 445 g/mol. The maximum Gasteiger partial charge on any atom is 0.228 e. The fraction of sp³-hybridized carbons (Fsp3) is 0.417. The maximum absolute atomic E-state index is 6.12. The smallest absolute Gasteiger partial charge is 0.228 e. The summed E-state index contributed by atoms with van der Waals surface area (Å²) >= 11 is 0. The van der Waals surface area contributed by atoms with E-state index in [0.29, 0.717) is 6.54 Å². The van der Waals surface area contributed by atoms with Gasteiger partial charge in [0.15, 0.2) is 11.3 Å². The maximum atomic E-state index is 6.12. The van der Waals surface area contributed by atoms with Gasteiger partial charge in [-0.3, -0.25) is 9.78 Å². The first-order chi connectivity index (χ1) is 16.0. The van der Waals surface area contributed by atoms with Crippen molar-refractivity contribution in [1.82, 2.24) is 29.9 Å². The van der Waals surface area contributed by atoms with Crippen LogP contribution in [-0.4, -0.2) is 49.1 Å². The predicted molar refractivity (Wildman–Crippen MR) is 131 cm³/mol. The molecule has 0 unspecified atom stereocenters. The summed E-state index contributed by atoms with van der Waals surface area (Å²) in [6, 6.07) is 10.6. The van der Waals surface area contributed by atoms with Crippen molar-refractivity contribution in [2.24, 2.45) is 12.8 Å². The van der Waals surface area contributed by atoms with Crippen LogP contribution in [0.1, 0.15) is 43.9 Å². The number of nitrogens with zero attached hydrogens (tertiary/aromatic N) is 6. The van der Waals surface area contributed by atoms with E-state index in [-0.39, 0.29) is 12.0 Å². The van der Waals surface area contributed by atoms with Crippen LogP contribution in [-0.2, 0) is 13.6 Å². The highest BCUT2D eigenvalue weighted by atomic mass is 15.3. The zero-order valence-electron chi connectivity index (χ0n) is 19.4. The number of nitrogens with two attached hydrogens (primary N) is 1. The van der Waals surface area contributed by atoms with Crippen molar-refractivity contribution in [3.63, 3.8) is 0 Å². The van der Waals surface area contributed by atoms with Gasteiger partial charge in [0.2, 0.25) is 5.95 Å². The summed E-state index contributed by atoms with van der Waals surface area (Å²) in [6.45, 7) is 6.63. The van der Waals surface area contributed by atoms with E-state index in [9.17, 15) is 0 Å². The van der Waals surface area contributed by atoms with Gasteiger partial charge in [0.05, 0.1) is 11.4 Å². The van der Waals surface area contributed by atoms with Crippen LogP contribution in [0.4, 0.5) is 11.8 Å². The molecule has 4 N–H and O–H groups in total. The Kier molecular flexibility index (Phi) is 5.72. The van der Waals surface area contributed by atoms with Gasteiger partial charge < -0.3 is 16.0 Å². The predicted octanol–water partition coefficient (Wildman–Crippen LogP) is 3.42. The molecule has 0 radical (unpaired) electrons. The molecular weight excluding hydrogens is 414 g/mol. The van der Waals surface area contributed by atoms with E-state index in [2.05, 4.69) is 63.6 Å². The number of fused-ring (bicyclic) bond motifs is 1. The van der Waals surface area contributed by atoms with Gasteiger partial charge in [-0.1, -0.05) is 38.1 Å². The van der Waals surface area contributed by atoms with Crippen LogP contribution < -0.4 is 16.0 Å². The molecule has 1 aliphatic rings. The summed E-state index contributed by atoms with van der Waals surface area (Å²) in [5.74, 6) is 1.76. The molecule has 1 aromatic carbocycles. The van der Waals surface area contributed by atoms with E-state index in [4.69, 9.17) is 15.7 Å². The average Bonchev–Trinajstić information content (AvgIpc) is 3.44. The van der Waals surface area contributed by atoms with Gasteiger partial charge in [-0.25, -0.2) is 4.98 Å². The van der Waals surface area contributed by atoms with Crippen molar-refractivity contribution in [1.29, 1.82) is 0 Å². The van der Waals surface area contributed by atoms with Crippen molar-refractivity contribution in [3.8, 4) is 11.3 Å². The number of aromatic nitrogens is 6. The van der Waals surface area contributed by atoms with E-state index in [1.54, 1.807) is 0 Å². The fourth-order valence-corrected chi connectivity index (χ4v) is 4.41. The molecule has 4 heterocycles. The van der Waals surface area contributed by atoms with E-state index >= 15 is 0 Å². The number of rotatable bonds is 6. The molecule has 0 spiro atoms. The lowest BCUT2D eigenvalue weighted by molar-refractivity contribution is 0.496. The third kappa shape index (κ3) is 4.16. The highest BCUT2D eigenvalue weighted by Gasteiger charge is 2.23. The summed E-state index contributed by atoms with van der Waals surface area (Å²) in [7, 11) is 1.96. The Bertz CT molecular complexity index is 1250. The van der Waals surface area contributed by atoms with Gasteiger partial charge in [0, 0.05) is 44.5 Å². The van der Waals surface area contributed by atoms with Crippen LogP contribution in [0, 0.1) is 0 Å². The molecule has 0 aliphatic carbocycles. The number of aromatic amines is 1. The quantitative estimate of drug-likeness (QED) is 0.417. The topological polar surface area (TPSA) is 114 Å². The summed E-state index contributed by atoms with van der Waals surface area (Å²) in [4.78, 5) is 12.1. The second-order valence-corrected chi connectivity index (χ2v) is 9.04. The van der Waals surface area contributed by atoms with E-state index in [1.807, 2.05) is 24.0 Å². The molecule has 0 atom stereocenters. The van der Waals surface area contributed by atoms with Crippen LogP contribution in [0.2, 0.25) is 0 Å². The normalized spacial score (nSPS) is 15.0. The van der Waals surface area contributed by atoms with Crippen molar-refractivity contribution in [2.45, 2.75) is 45.2 Å². The number of hydrogen-bond donors (Lipinski definition) is 3. The van der Waals surface area contributed by atoms with Gasteiger partial charge in [-0.05, 0) is 30.4 Å². The van der Waals surface area contributed by atoms with Crippen LogP contribution in [0.15, 0.2) is 36.5 Å². The SMILES string of the molecule is CC(C)c1[nH]nc2c(NCc3ccccc3-c3ccnn3C)nc(N3CCC(N)CC3)nc12. The molecule has 0 amide bonds. The largest absolute Gasteiger partial charge is 0.364 e. The zero-order chi connectivity index (χ0) is 22.9. The Morgan fingerprint density at radius 1 is 1.12 bits per heavy atom. The van der Waals surface area contributed by atoms with Crippen molar-refractivity contribution in [2.75, 3.05) is 23.3 Å². The Balaban J connectivity index is 1.50. The Hall–Kier alpha value is -3.46. The molecule has 3 aromatic heterocycles. The lowest BCUT2D eigenvalue weighted by atomic mass is 10.0. The minimum atomic E-state index is 0.256. The van der Waals surface area contributed by atoms with Crippen LogP contribution in [0.3, 0.4) is 0 Å². The number of H-pyrrole nitrogens is 1. The van der Waals surface area contributed by atoms with Crippen LogP contribution in [0.25, 0.3) is 22.3 Å². The number of nitrogens with one attached hydrogen (secondary N) is 2. The second kappa shape index (κ2) is 8.82. The molecule has 4 aromatic rings. The molecular formula is C24H31N9. The number of anilines is 2. The van der Waals surface area contributed by atoms with Crippen molar-refractivity contribution < 1.29 is 0 Å². The van der Waals surface area contributed by atoms with E-state index in [1.165, 1.54) is 0 Å². The van der Waals surface area contributed by atoms with Crippen LogP contribution >= 0.6 is 0 Å². The third-order valence-corrected chi connectivity index (χ3v) is 6.38. The van der Waals surface area contributed by atoms with Gasteiger partial charge in [-0.15, -0.1) is 0 Å². The minimum absolute atomic E-state index is 0.256. The molecule has 9 nitrogen and oxygen atoms in total. The molecule has 0 bridgehead atoms. The first kappa shape index (κ1) is 21.4. The summed E-state index contributed by atoms with van der Waals surface area (Å²) in [5.41, 5.74) is 12.2. The van der Waals surface area contributed by atoms with E-state index < -0.39 is 0 Å². The molecule has 33 heavy (non-hydrogen) atoms. The van der Waals surface area contributed by atoms with Gasteiger partial charge in [0.1, 0.15) is 5.52 Å². The van der Waals surface area contributed by atoms with Crippen LogP contribution in [0.5, 0.6) is 0 Å². The summed E-state index contributed by atoms with van der Waals surface area (Å²) in [5, 5.41) is 15.6. The minimum Gasteiger partial charge on any atom is -0.364 e. The number of benzene rings is 1. The Labute approximate surface area is 193 Å². The van der Waals surface area contributed by atoms with E-state index in [0.717, 1.165) is 71.2 Å². The zero-order valence-corrected chi connectivity index (χ0v) is 19.4. The number of aryl methyl sites for hydroxylation is 1. The standard InChI is InChI=1S/C24H31N9/c1-15(2)20-21-22(31-30-20)23(29-24(28-21)33-12-9-17(25)10-13-33)26-14-16-6-4-5-7-18(16)19-8-11-27-32(19)3/h4-8,11,15,17H,9-10,12-14,25H2,1-3H3,(H,30,31)(H,26,28,29). The molecule has 172 valence electrons. The van der Waals surface area contributed by atoms with Gasteiger partial charge in [-0.2, -0.15) is 15.2 Å². The third-order valence-electron chi connectivity index (χ3n) is 6.38. The first-order valence-corrected chi connectivity index (χ1v) is 11.6. The first-order valence-electron chi connectivity index (χ1n) is 11.6. The molecule has 9 heteroatoms. The lowest BCUT2D eigenvalue weighted by Gasteiger charge is -2.30. The molecule has 1 fully saturated rings.